The highest BCUT2D eigenvalue weighted by Gasteiger charge is 2.13. The minimum Gasteiger partial charge on any atom is -0.207 e. The third-order valence-corrected chi connectivity index (χ3v) is 6.27. The summed E-state index contributed by atoms with van der Waals surface area (Å²) in [4.78, 5) is 0. The third kappa shape index (κ3) is 5.31. The first-order valence-corrected chi connectivity index (χ1v) is 11.6. The Morgan fingerprint density at radius 2 is 1.35 bits per heavy atom. The first kappa shape index (κ1) is 23.6. The number of halogens is 3. The first-order chi connectivity index (χ1) is 16.5. The molecule has 0 aliphatic rings. The van der Waals surface area contributed by atoms with Crippen molar-refractivity contribution in [3.05, 3.63) is 118 Å². The average Bonchev–Trinajstić information content (AvgIpc) is 2.83. The lowest BCUT2D eigenvalue weighted by molar-refractivity contribution is 0.551. The molecule has 1 nitrogen and oxygen atoms in total. The number of hydrogen-bond acceptors (Lipinski definition) is 1. The van der Waals surface area contributed by atoms with Gasteiger partial charge in [-0.25, -0.2) is 13.2 Å². The fourth-order valence-corrected chi connectivity index (χ4v) is 4.36. The van der Waals surface area contributed by atoms with Gasteiger partial charge in [0.25, 0.3) is 0 Å². The predicted octanol–water partition coefficient (Wildman–Crippen LogP) is 7.65. The monoisotopic (exact) mass is 457 g/mol. The van der Waals surface area contributed by atoms with Crippen LogP contribution in [0, 0.1) is 28.8 Å². The number of nitriles is 1. The van der Waals surface area contributed by atoms with E-state index in [9.17, 15) is 8.78 Å². The quantitative estimate of drug-likeness (QED) is 0.267. The zero-order valence-corrected chi connectivity index (χ0v) is 19.2. The van der Waals surface area contributed by atoms with Gasteiger partial charge >= 0.3 is 0 Å². The van der Waals surface area contributed by atoms with Gasteiger partial charge in [0, 0.05) is 10.9 Å². The van der Waals surface area contributed by atoms with E-state index in [1.807, 2.05) is 37.3 Å². The summed E-state index contributed by atoms with van der Waals surface area (Å²) in [5, 5.41) is 10.2. The zero-order valence-electron chi connectivity index (χ0n) is 19.2. The molecule has 0 bridgehead atoms. The van der Waals surface area contributed by atoms with Gasteiger partial charge in [0.15, 0.2) is 0 Å². The molecule has 34 heavy (non-hydrogen) atoms. The van der Waals surface area contributed by atoms with Gasteiger partial charge in [0.05, 0.1) is 11.6 Å². The summed E-state index contributed by atoms with van der Waals surface area (Å²) in [6.07, 6.45) is 3.45. The standard InChI is InChI=1S/C30H26F3N/c1-2-3-23-17-28(31)27(29(32)18-23)15-10-21-9-14-26-25(16-21)13-12-24(30(26)33)11-8-20-4-6-22(19-34)7-5-20/h4-7,9,12-14,16-18H,2-3,8,10-11,15H2,1H3. The molecule has 172 valence electrons. The highest BCUT2D eigenvalue weighted by Crippen LogP contribution is 2.25. The molecule has 4 aromatic rings. The number of aryl methyl sites for hydroxylation is 4. The highest BCUT2D eigenvalue weighted by molar-refractivity contribution is 5.84. The van der Waals surface area contributed by atoms with Gasteiger partial charge in [-0.3, -0.25) is 0 Å². The van der Waals surface area contributed by atoms with E-state index in [4.69, 9.17) is 5.26 Å². The van der Waals surface area contributed by atoms with Gasteiger partial charge < -0.3 is 0 Å². The summed E-state index contributed by atoms with van der Waals surface area (Å²) in [5.74, 6) is -1.23. The van der Waals surface area contributed by atoms with Crippen LogP contribution in [-0.2, 0) is 32.1 Å². The van der Waals surface area contributed by atoms with Crippen molar-refractivity contribution < 1.29 is 13.2 Å². The van der Waals surface area contributed by atoms with Crippen LogP contribution >= 0.6 is 0 Å². The van der Waals surface area contributed by atoms with Crippen molar-refractivity contribution in [2.75, 3.05) is 0 Å². The van der Waals surface area contributed by atoms with Crippen LogP contribution < -0.4 is 0 Å². The zero-order chi connectivity index (χ0) is 24.1. The molecule has 0 N–H and O–H groups in total. The highest BCUT2D eigenvalue weighted by atomic mass is 19.1. The predicted molar refractivity (Wildman–Crippen MR) is 130 cm³/mol. The number of hydrogen-bond donors (Lipinski definition) is 0. The van der Waals surface area contributed by atoms with Crippen LogP contribution in [0.5, 0.6) is 0 Å². The van der Waals surface area contributed by atoms with E-state index in [-0.39, 0.29) is 17.8 Å². The topological polar surface area (TPSA) is 23.8 Å². The van der Waals surface area contributed by atoms with E-state index in [0.29, 0.717) is 47.8 Å². The van der Waals surface area contributed by atoms with E-state index in [1.165, 1.54) is 12.1 Å². The summed E-state index contributed by atoms with van der Waals surface area (Å²) < 4.78 is 44.0. The van der Waals surface area contributed by atoms with Crippen molar-refractivity contribution in [3.63, 3.8) is 0 Å². The van der Waals surface area contributed by atoms with Gasteiger partial charge in [0.2, 0.25) is 0 Å². The van der Waals surface area contributed by atoms with Crippen LogP contribution in [0.4, 0.5) is 13.2 Å². The maximum Gasteiger partial charge on any atom is 0.134 e. The van der Waals surface area contributed by atoms with Gasteiger partial charge in [-0.1, -0.05) is 55.8 Å². The number of benzene rings is 4. The largest absolute Gasteiger partial charge is 0.207 e. The van der Waals surface area contributed by atoms with Gasteiger partial charge in [-0.2, -0.15) is 5.26 Å². The van der Waals surface area contributed by atoms with Gasteiger partial charge in [-0.05, 0) is 84.0 Å². The van der Waals surface area contributed by atoms with E-state index in [1.54, 1.807) is 24.3 Å². The summed E-state index contributed by atoms with van der Waals surface area (Å²) >= 11 is 0. The lowest BCUT2D eigenvalue weighted by Gasteiger charge is -2.10. The summed E-state index contributed by atoms with van der Waals surface area (Å²) in [7, 11) is 0. The molecule has 0 radical (unpaired) electrons. The molecule has 0 amide bonds. The molecule has 0 aliphatic carbocycles. The van der Waals surface area contributed by atoms with E-state index < -0.39 is 11.6 Å². The summed E-state index contributed by atoms with van der Waals surface area (Å²) in [6.45, 7) is 1.98. The fraction of sp³-hybridized carbons (Fsp3) is 0.233. The molecule has 4 rings (SSSR count). The van der Waals surface area contributed by atoms with Crippen LogP contribution in [0.15, 0.2) is 66.7 Å². The van der Waals surface area contributed by atoms with Crippen LogP contribution in [0.2, 0.25) is 0 Å². The average molecular weight is 458 g/mol. The van der Waals surface area contributed by atoms with Crippen LogP contribution in [0.3, 0.4) is 0 Å². The smallest absolute Gasteiger partial charge is 0.134 e. The van der Waals surface area contributed by atoms with E-state index in [0.717, 1.165) is 22.9 Å². The Balaban J connectivity index is 1.46. The van der Waals surface area contributed by atoms with Gasteiger partial charge in [0.1, 0.15) is 17.5 Å². The van der Waals surface area contributed by atoms with Crippen molar-refractivity contribution in [1.82, 2.24) is 0 Å². The third-order valence-electron chi connectivity index (χ3n) is 6.27. The van der Waals surface area contributed by atoms with Crippen molar-refractivity contribution in [1.29, 1.82) is 5.26 Å². The van der Waals surface area contributed by atoms with Crippen molar-refractivity contribution in [2.45, 2.75) is 45.4 Å². The molecule has 0 aliphatic heterocycles. The molecular formula is C30H26F3N. The van der Waals surface area contributed by atoms with Crippen LogP contribution in [0.25, 0.3) is 10.8 Å². The number of fused-ring (bicyclic) bond motifs is 1. The van der Waals surface area contributed by atoms with Crippen molar-refractivity contribution >= 4 is 10.8 Å². The molecule has 0 saturated carbocycles. The SMILES string of the molecule is CCCc1cc(F)c(CCc2ccc3c(F)c(CCc4ccc(C#N)cc4)ccc3c2)c(F)c1. The van der Waals surface area contributed by atoms with Gasteiger partial charge in [-0.15, -0.1) is 0 Å². The lowest BCUT2D eigenvalue weighted by atomic mass is 9.96. The van der Waals surface area contributed by atoms with E-state index in [2.05, 4.69) is 6.07 Å². The molecule has 4 heteroatoms. The molecule has 0 fully saturated rings. The minimum atomic E-state index is -0.498. The Kier molecular flexibility index (Phi) is 7.33. The fourth-order valence-electron chi connectivity index (χ4n) is 4.36. The van der Waals surface area contributed by atoms with E-state index >= 15 is 4.39 Å². The Bertz CT molecular complexity index is 1330. The molecule has 4 aromatic carbocycles. The Morgan fingerprint density at radius 3 is 2.03 bits per heavy atom. The number of rotatable bonds is 8. The Labute approximate surface area is 198 Å². The Hall–Kier alpha value is -3.58. The molecule has 0 aromatic heterocycles. The molecule has 0 unspecified atom stereocenters. The normalized spacial score (nSPS) is 11.0. The minimum absolute atomic E-state index is 0.101. The first-order valence-electron chi connectivity index (χ1n) is 11.6. The van der Waals surface area contributed by atoms with Crippen molar-refractivity contribution in [2.24, 2.45) is 0 Å². The van der Waals surface area contributed by atoms with Crippen LogP contribution in [0.1, 0.15) is 46.7 Å². The molecular weight excluding hydrogens is 431 g/mol. The molecule has 0 heterocycles. The second-order valence-electron chi connectivity index (χ2n) is 8.69. The van der Waals surface area contributed by atoms with Crippen molar-refractivity contribution in [3.8, 4) is 6.07 Å². The molecule has 0 saturated heterocycles. The maximum absolute atomic E-state index is 15.1. The second-order valence-corrected chi connectivity index (χ2v) is 8.69. The lowest BCUT2D eigenvalue weighted by Crippen LogP contribution is -2.01. The summed E-state index contributed by atoms with van der Waals surface area (Å²) in [5.41, 5.74) is 3.99. The number of nitrogens with zero attached hydrogens (tertiary/aromatic N) is 1. The summed E-state index contributed by atoms with van der Waals surface area (Å²) in [6, 6.07) is 21.5. The molecule has 0 spiro atoms. The second kappa shape index (κ2) is 10.6. The van der Waals surface area contributed by atoms with Crippen LogP contribution in [-0.4, -0.2) is 0 Å². The maximum atomic E-state index is 15.1. The Morgan fingerprint density at radius 1 is 0.676 bits per heavy atom. The molecule has 0 atom stereocenters.